The quantitative estimate of drug-likeness (QED) is 0.739. The topological polar surface area (TPSA) is 15.6 Å². The second-order valence-corrected chi connectivity index (χ2v) is 6.80. The molecule has 2 heteroatoms. The summed E-state index contributed by atoms with van der Waals surface area (Å²) in [7, 11) is 0. The van der Waals surface area contributed by atoms with E-state index in [1.54, 1.807) is 0 Å². The molecule has 0 N–H and O–H groups in total. The molecular weight excluding hydrogens is 268 g/mol. The minimum atomic E-state index is 0.381. The molecule has 0 fully saturated rings. The van der Waals surface area contributed by atoms with Crippen molar-refractivity contribution in [3.8, 4) is 0 Å². The van der Waals surface area contributed by atoms with Gasteiger partial charge in [-0.3, -0.25) is 4.99 Å². The summed E-state index contributed by atoms with van der Waals surface area (Å²) in [6, 6.07) is 12.1. The molecule has 1 atom stereocenters. The molecule has 120 valence electrons. The monoisotopic (exact) mass is 298 g/mol. The molecule has 0 spiro atoms. The van der Waals surface area contributed by atoms with Crippen LogP contribution in [0.25, 0.3) is 0 Å². The van der Waals surface area contributed by atoms with E-state index in [0.29, 0.717) is 18.1 Å². The number of benzene rings is 1. The lowest BCUT2D eigenvalue weighted by Gasteiger charge is -2.29. The van der Waals surface area contributed by atoms with Crippen molar-refractivity contribution in [1.82, 2.24) is 0 Å². The SMILES string of the molecule is CC[C@H](Cc1ccccc1)/N=c1/c(C)c1N(C(C)C)C(C)C. The van der Waals surface area contributed by atoms with Crippen molar-refractivity contribution in [2.75, 3.05) is 4.90 Å². The summed E-state index contributed by atoms with van der Waals surface area (Å²) in [5.74, 6) is 0. The Morgan fingerprint density at radius 1 is 1.00 bits per heavy atom. The summed E-state index contributed by atoms with van der Waals surface area (Å²) in [6.07, 6.45) is 2.12. The van der Waals surface area contributed by atoms with E-state index in [-0.39, 0.29) is 0 Å². The number of anilines is 1. The predicted molar refractivity (Wildman–Crippen MR) is 96.1 cm³/mol. The van der Waals surface area contributed by atoms with Crippen molar-refractivity contribution >= 4 is 5.69 Å². The van der Waals surface area contributed by atoms with E-state index in [1.165, 1.54) is 22.2 Å². The summed E-state index contributed by atoms with van der Waals surface area (Å²) in [4.78, 5) is 7.54. The zero-order valence-electron chi connectivity index (χ0n) is 14.9. The van der Waals surface area contributed by atoms with Crippen LogP contribution in [0.4, 0.5) is 5.69 Å². The van der Waals surface area contributed by atoms with Crippen molar-refractivity contribution in [2.45, 2.75) is 72.5 Å². The highest BCUT2D eigenvalue weighted by atomic mass is 15.2. The fourth-order valence-electron chi connectivity index (χ4n) is 3.19. The van der Waals surface area contributed by atoms with Gasteiger partial charge in [-0.05, 0) is 53.0 Å². The van der Waals surface area contributed by atoms with Gasteiger partial charge < -0.3 is 4.90 Å². The summed E-state index contributed by atoms with van der Waals surface area (Å²) in [5, 5.41) is 1.25. The first-order chi connectivity index (χ1) is 10.5. The van der Waals surface area contributed by atoms with E-state index >= 15 is 0 Å². The van der Waals surface area contributed by atoms with Crippen LogP contribution in [0.1, 0.15) is 52.2 Å². The summed E-state index contributed by atoms with van der Waals surface area (Å²) < 4.78 is 0. The van der Waals surface area contributed by atoms with Crippen LogP contribution in [-0.4, -0.2) is 18.1 Å². The third-order valence-electron chi connectivity index (χ3n) is 4.34. The van der Waals surface area contributed by atoms with Crippen LogP contribution in [0.2, 0.25) is 0 Å². The first-order valence-electron chi connectivity index (χ1n) is 8.57. The van der Waals surface area contributed by atoms with E-state index in [2.05, 4.69) is 76.8 Å². The number of hydrogen-bond acceptors (Lipinski definition) is 2. The van der Waals surface area contributed by atoms with Crippen molar-refractivity contribution < 1.29 is 0 Å². The highest BCUT2D eigenvalue weighted by Crippen LogP contribution is 2.26. The van der Waals surface area contributed by atoms with Gasteiger partial charge in [-0.1, -0.05) is 37.3 Å². The average molecular weight is 298 g/mol. The molecule has 0 aliphatic carbocycles. The van der Waals surface area contributed by atoms with Crippen LogP contribution < -0.4 is 10.3 Å². The zero-order valence-corrected chi connectivity index (χ0v) is 14.9. The third-order valence-corrected chi connectivity index (χ3v) is 4.34. The largest absolute Gasteiger partial charge is 0.365 e. The molecule has 22 heavy (non-hydrogen) atoms. The Balaban J connectivity index is 2.18. The van der Waals surface area contributed by atoms with Crippen LogP contribution in [0.5, 0.6) is 0 Å². The molecule has 0 saturated heterocycles. The van der Waals surface area contributed by atoms with Gasteiger partial charge in [-0.2, -0.15) is 0 Å². The molecule has 0 aliphatic rings. The third kappa shape index (κ3) is 3.79. The van der Waals surface area contributed by atoms with Crippen LogP contribution in [0.15, 0.2) is 35.3 Å². The minimum absolute atomic E-state index is 0.381. The molecule has 0 aliphatic heterocycles. The van der Waals surface area contributed by atoms with Gasteiger partial charge in [0.25, 0.3) is 0 Å². The first-order valence-corrected chi connectivity index (χ1v) is 8.57. The van der Waals surface area contributed by atoms with Crippen LogP contribution in [0.3, 0.4) is 0 Å². The lowest BCUT2D eigenvalue weighted by atomic mass is 10.0. The van der Waals surface area contributed by atoms with Gasteiger partial charge in [0.05, 0.1) is 17.1 Å². The molecule has 2 aromatic rings. The molecule has 0 heterocycles. The number of hydrogen-bond donors (Lipinski definition) is 0. The van der Waals surface area contributed by atoms with E-state index in [1.807, 2.05) is 0 Å². The fourth-order valence-corrected chi connectivity index (χ4v) is 3.19. The molecule has 2 aromatic carbocycles. The van der Waals surface area contributed by atoms with E-state index in [4.69, 9.17) is 4.99 Å². The molecule has 0 amide bonds. The second-order valence-electron chi connectivity index (χ2n) is 6.80. The lowest BCUT2D eigenvalue weighted by Crippen LogP contribution is -2.36. The zero-order chi connectivity index (χ0) is 16.3. The fraction of sp³-hybridized carbons (Fsp3) is 0.550. The Morgan fingerprint density at radius 3 is 2.09 bits per heavy atom. The van der Waals surface area contributed by atoms with Crippen LogP contribution in [-0.2, 0) is 6.42 Å². The summed E-state index contributed by atoms with van der Waals surface area (Å²) in [6.45, 7) is 13.5. The molecule has 0 unspecified atom stereocenters. The second kappa shape index (κ2) is 7.13. The first kappa shape index (κ1) is 16.8. The number of nitrogens with zero attached hydrogens (tertiary/aromatic N) is 2. The Labute approximate surface area is 135 Å². The maximum atomic E-state index is 5.05. The molecular formula is C20H30N2. The molecule has 0 radical (unpaired) electrons. The normalized spacial score (nSPS) is 14.3. The van der Waals surface area contributed by atoms with Crippen LogP contribution in [0, 0.1) is 6.92 Å². The van der Waals surface area contributed by atoms with Gasteiger partial charge in [-0.25, -0.2) is 0 Å². The smallest absolute Gasteiger partial charge is 0.0865 e. The number of rotatable bonds is 7. The van der Waals surface area contributed by atoms with E-state index < -0.39 is 0 Å². The molecule has 0 saturated carbocycles. The predicted octanol–water partition coefficient (Wildman–Crippen LogP) is 4.42. The Morgan fingerprint density at radius 2 is 1.59 bits per heavy atom. The van der Waals surface area contributed by atoms with Gasteiger partial charge >= 0.3 is 0 Å². The van der Waals surface area contributed by atoms with E-state index in [0.717, 1.165) is 12.8 Å². The maximum absolute atomic E-state index is 5.05. The van der Waals surface area contributed by atoms with Gasteiger partial charge in [-0.15, -0.1) is 0 Å². The van der Waals surface area contributed by atoms with Crippen molar-refractivity contribution in [3.63, 3.8) is 0 Å². The van der Waals surface area contributed by atoms with Gasteiger partial charge in [0.15, 0.2) is 0 Å². The highest BCUT2D eigenvalue weighted by Gasteiger charge is 2.26. The average Bonchev–Trinajstić information content (AvgIpc) is 3.08. The van der Waals surface area contributed by atoms with Crippen molar-refractivity contribution in [1.29, 1.82) is 0 Å². The van der Waals surface area contributed by atoms with Gasteiger partial charge in [0, 0.05) is 17.6 Å². The van der Waals surface area contributed by atoms with E-state index in [9.17, 15) is 0 Å². The van der Waals surface area contributed by atoms with Crippen LogP contribution >= 0.6 is 0 Å². The minimum Gasteiger partial charge on any atom is -0.365 e. The standard InChI is InChI=1S/C20H30N2/c1-7-18(13-17-11-9-8-10-12-17)21-19-16(6)20(19)22(14(2)3)15(4)5/h8-12,14-15,18H,7,13H2,1-6H3/b21-19-/t18-/m1/s1. The van der Waals surface area contributed by atoms with Crippen molar-refractivity contribution in [3.05, 3.63) is 46.8 Å². The summed E-state index contributed by atoms with van der Waals surface area (Å²) in [5.41, 5.74) is 4.15. The Kier molecular flexibility index (Phi) is 5.44. The van der Waals surface area contributed by atoms with Gasteiger partial charge in [0.2, 0.25) is 0 Å². The molecule has 2 nitrogen and oxygen atoms in total. The van der Waals surface area contributed by atoms with Gasteiger partial charge in [0.1, 0.15) is 0 Å². The molecule has 0 aromatic heterocycles. The Hall–Kier alpha value is -1.57. The summed E-state index contributed by atoms with van der Waals surface area (Å²) >= 11 is 0. The highest BCUT2D eigenvalue weighted by molar-refractivity contribution is 5.65. The molecule has 0 bridgehead atoms. The van der Waals surface area contributed by atoms with Crippen molar-refractivity contribution in [2.24, 2.45) is 4.99 Å². The Bertz CT molecular complexity index is 593. The molecule has 2 rings (SSSR count). The lowest BCUT2D eigenvalue weighted by molar-refractivity contribution is 0.607. The maximum Gasteiger partial charge on any atom is 0.0865 e.